The molecule has 1 aromatic heterocycles. The second kappa shape index (κ2) is 13.4. The van der Waals surface area contributed by atoms with E-state index in [1.807, 2.05) is 11.8 Å². The van der Waals surface area contributed by atoms with Gasteiger partial charge in [-0.2, -0.15) is 0 Å². The van der Waals surface area contributed by atoms with Gasteiger partial charge in [-0.05, 0) is 49.6 Å². The molecule has 0 radical (unpaired) electrons. The SMILES string of the molecule is CCNC(=NCC(=O)N1CCc2sccc2C1)NCCCOCC1CCCO1.I. The van der Waals surface area contributed by atoms with Crippen LogP contribution in [0, 0.1) is 0 Å². The summed E-state index contributed by atoms with van der Waals surface area (Å²) in [7, 11) is 0. The van der Waals surface area contributed by atoms with E-state index in [1.165, 1.54) is 10.4 Å². The smallest absolute Gasteiger partial charge is 0.244 e. The van der Waals surface area contributed by atoms with Crippen LogP contribution in [-0.2, 0) is 27.2 Å². The summed E-state index contributed by atoms with van der Waals surface area (Å²) in [6.07, 6.45) is 4.36. The second-order valence-corrected chi connectivity index (χ2v) is 8.12. The van der Waals surface area contributed by atoms with Crippen molar-refractivity contribution < 1.29 is 14.3 Å². The number of nitrogens with zero attached hydrogens (tertiary/aromatic N) is 2. The van der Waals surface area contributed by atoms with Gasteiger partial charge in [0.1, 0.15) is 6.54 Å². The van der Waals surface area contributed by atoms with E-state index in [2.05, 4.69) is 27.1 Å². The van der Waals surface area contributed by atoms with E-state index in [-0.39, 0.29) is 42.5 Å². The molecule has 7 nitrogen and oxygen atoms in total. The highest BCUT2D eigenvalue weighted by molar-refractivity contribution is 14.0. The molecule has 2 aliphatic heterocycles. The molecule has 1 unspecified atom stereocenters. The lowest BCUT2D eigenvalue weighted by atomic mass is 10.1. The maximum absolute atomic E-state index is 12.5. The minimum atomic E-state index is 0. The Balaban J connectivity index is 0.00000300. The Hall–Kier alpha value is -0.910. The van der Waals surface area contributed by atoms with Crippen molar-refractivity contribution in [3.8, 4) is 0 Å². The summed E-state index contributed by atoms with van der Waals surface area (Å²) in [5.41, 5.74) is 1.28. The molecule has 1 aromatic rings. The van der Waals surface area contributed by atoms with Crippen molar-refractivity contribution in [1.29, 1.82) is 0 Å². The van der Waals surface area contributed by atoms with E-state index >= 15 is 0 Å². The van der Waals surface area contributed by atoms with Crippen molar-refractivity contribution in [1.82, 2.24) is 15.5 Å². The number of fused-ring (bicyclic) bond motifs is 1. The number of ether oxygens (including phenoxy) is 2. The Labute approximate surface area is 194 Å². The molecule has 0 bridgehead atoms. The number of carbonyl (C=O) groups excluding carboxylic acids is 1. The van der Waals surface area contributed by atoms with E-state index in [1.54, 1.807) is 11.3 Å². The van der Waals surface area contributed by atoms with Gasteiger partial charge in [-0.3, -0.25) is 4.79 Å². The van der Waals surface area contributed by atoms with Gasteiger partial charge in [-0.15, -0.1) is 35.3 Å². The zero-order valence-electron chi connectivity index (χ0n) is 17.2. The number of guanidine groups is 1. The maximum atomic E-state index is 12.5. The highest BCUT2D eigenvalue weighted by atomic mass is 127. The van der Waals surface area contributed by atoms with Crippen LogP contribution in [0.2, 0.25) is 0 Å². The summed E-state index contributed by atoms with van der Waals surface area (Å²) in [6.45, 7) is 7.45. The van der Waals surface area contributed by atoms with Gasteiger partial charge in [0.15, 0.2) is 5.96 Å². The van der Waals surface area contributed by atoms with Crippen LogP contribution >= 0.6 is 35.3 Å². The molecule has 0 saturated carbocycles. The van der Waals surface area contributed by atoms with Crippen LogP contribution in [0.15, 0.2) is 16.4 Å². The van der Waals surface area contributed by atoms with Gasteiger partial charge in [0, 0.05) is 44.3 Å². The van der Waals surface area contributed by atoms with Gasteiger partial charge in [0.05, 0.1) is 12.7 Å². The Kier molecular flexibility index (Phi) is 11.3. The average molecular weight is 536 g/mol. The Bertz CT molecular complexity index is 649. The zero-order valence-corrected chi connectivity index (χ0v) is 20.3. The predicted octanol–water partition coefficient (Wildman–Crippen LogP) is 2.39. The summed E-state index contributed by atoms with van der Waals surface area (Å²) >= 11 is 1.78. The number of amides is 1. The van der Waals surface area contributed by atoms with Crippen LogP contribution in [-0.4, -0.2) is 68.9 Å². The minimum absolute atomic E-state index is 0. The fraction of sp³-hybridized carbons (Fsp3) is 0.700. The Morgan fingerprint density at radius 2 is 2.34 bits per heavy atom. The molecule has 2 aliphatic rings. The zero-order chi connectivity index (χ0) is 19.6. The van der Waals surface area contributed by atoms with Gasteiger partial charge in [0.25, 0.3) is 0 Å². The first-order chi connectivity index (χ1) is 13.8. The third kappa shape index (κ3) is 8.03. The topological polar surface area (TPSA) is 75.2 Å². The van der Waals surface area contributed by atoms with Gasteiger partial charge < -0.3 is 25.0 Å². The standard InChI is InChI=1S/C20H32N4O3S.HI/c1-2-21-20(22-8-4-10-26-15-17-5-3-11-27-17)23-13-19(25)24-9-6-18-16(14-24)7-12-28-18;/h7,12,17H,2-6,8-11,13-15H2,1H3,(H2,21,22,23);1H. The van der Waals surface area contributed by atoms with Gasteiger partial charge in [-0.25, -0.2) is 4.99 Å². The van der Waals surface area contributed by atoms with E-state index in [9.17, 15) is 4.79 Å². The van der Waals surface area contributed by atoms with Gasteiger partial charge >= 0.3 is 0 Å². The first kappa shape index (κ1) is 24.4. The third-order valence-corrected chi connectivity index (χ3v) is 5.99. The summed E-state index contributed by atoms with van der Waals surface area (Å²) in [5.74, 6) is 0.761. The van der Waals surface area contributed by atoms with E-state index in [0.717, 1.165) is 51.9 Å². The first-order valence-corrected chi connectivity index (χ1v) is 11.2. The molecule has 1 fully saturated rings. The van der Waals surface area contributed by atoms with Crippen molar-refractivity contribution in [2.45, 2.75) is 45.3 Å². The van der Waals surface area contributed by atoms with Crippen molar-refractivity contribution in [3.63, 3.8) is 0 Å². The van der Waals surface area contributed by atoms with Crippen molar-refractivity contribution in [2.24, 2.45) is 4.99 Å². The lowest BCUT2D eigenvalue weighted by molar-refractivity contribution is -0.130. The molecule has 0 aromatic carbocycles. The summed E-state index contributed by atoms with van der Waals surface area (Å²) in [5, 5.41) is 8.58. The maximum Gasteiger partial charge on any atom is 0.244 e. The lowest BCUT2D eigenvalue weighted by Gasteiger charge is -2.26. The number of hydrogen-bond acceptors (Lipinski definition) is 5. The summed E-state index contributed by atoms with van der Waals surface area (Å²) < 4.78 is 11.2. The normalized spacial score (nSPS) is 18.9. The highest BCUT2D eigenvalue weighted by Gasteiger charge is 2.21. The molecule has 1 saturated heterocycles. The van der Waals surface area contributed by atoms with E-state index in [4.69, 9.17) is 9.47 Å². The molecule has 1 amide bonds. The van der Waals surface area contributed by atoms with Crippen LogP contribution in [0.5, 0.6) is 0 Å². The van der Waals surface area contributed by atoms with Crippen LogP contribution in [0.3, 0.4) is 0 Å². The molecule has 3 rings (SSSR count). The number of aliphatic imine (C=N–C) groups is 1. The Morgan fingerprint density at radius 1 is 1.45 bits per heavy atom. The fourth-order valence-corrected chi connectivity index (χ4v) is 4.31. The second-order valence-electron chi connectivity index (χ2n) is 7.12. The van der Waals surface area contributed by atoms with Crippen molar-refractivity contribution in [2.75, 3.05) is 46.0 Å². The predicted molar refractivity (Wildman–Crippen MR) is 127 cm³/mol. The van der Waals surface area contributed by atoms with Crippen molar-refractivity contribution >= 4 is 47.2 Å². The molecule has 0 spiro atoms. The number of hydrogen-bond donors (Lipinski definition) is 2. The Morgan fingerprint density at radius 3 is 3.14 bits per heavy atom. The van der Waals surface area contributed by atoms with E-state index < -0.39 is 0 Å². The van der Waals surface area contributed by atoms with Crippen LogP contribution < -0.4 is 10.6 Å². The molecule has 29 heavy (non-hydrogen) atoms. The van der Waals surface area contributed by atoms with E-state index in [0.29, 0.717) is 25.7 Å². The molecular formula is C20H33IN4O3S. The van der Waals surface area contributed by atoms with Crippen molar-refractivity contribution in [3.05, 3.63) is 21.9 Å². The highest BCUT2D eigenvalue weighted by Crippen LogP contribution is 2.23. The number of nitrogens with one attached hydrogen (secondary N) is 2. The molecule has 2 N–H and O–H groups in total. The minimum Gasteiger partial charge on any atom is -0.379 e. The number of halogens is 1. The lowest BCUT2D eigenvalue weighted by Crippen LogP contribution is -2.40. The molecule has 3 heterocycles. The average Bonchev–Trinajstić information content (AvgIpc) is 3.39. The first-order valence-electron chi connectivity index (χ1n) is 10.3. The number of thiophene rings is 1. The van der Waals surface area contributed by atoms with Crippen LogP contribution in [0.1, 0.15) is 36.6 Å². The molecule has 0 aliphatic carbocycles. The van der Waals surface area contributed by atoms with Gasteiger partial charge in [0.2, 0.25) is 5.91 Å². The largest absolute Gasteiger partial charge is 0.379 e. The number of rotatable bonds is 9. The monoisotopic (exact) mass is 536 g/mol. The number of carbonyl (C=O) groups is 1. The molecule has 9 heteroatoms. The van der Waals surface area contributed by atoms with Crippen LogP contribution in [0.4, 0.5) is 0 Å². The fourth-order valence-electron chi connectivity index (χ4n) is 3.42. The third-order valence-electron chi connectivity index (χ3n) is 4.96. The molecule has 164 valence electrons. The molecule has 1 atom stereocenters. The summed E-state index contributed by atoms with van der Waals surface area (Å²) in [6, 6.07) is 2.12. The summed E-state index contributed by atoms with van der Waals surface area (Å²) in [4.78, 5) is 20.3. The van der Waals surface area contributed by atoms with Crippen LogP contribution in [0.25, 0.3) is 0 Å². The molecular weight excluding hydrogens is 503 g/mol. The quantitative estimate of drug-likeness (QED) is 0.220. The van der Waals surface area contributed by atoms with Gasteiger partial charge in [-0.1, -0.05) is 0 Å².